The van der Waals surface area contributed by atoms with Gasteiger partial charge in [-0.1, -0.05) is 0 Å². The molecule has 3 aliphatic rings. The largest absolute Gasteiger partial charge is 0.315 e. The van der Waals surface area contributed by atoms with Gasteiger partial charge in [0.15, 0.2) is 0 Å². The first-order valence-electron chi connectivity index (χ1n) is 6.19. The summed E-state index contributed by atoms with van der Waals surface area (Å²) in [6, 6.07) is 0.494. The Morgan fingerprint density at radius 3 is 2.25 bits per heavy atom. The normalized spacial score (nSPS) is 36.6. The van der Waals surface area contributed by atoms with Crippen molar-refractivity contribution in [2.75, 3.05) is 26.2 Å². The lowest BCUT2D eigenvalue weighted by Crippen LogP contribution is -2.54. The summed E-state index contributed by atoms with van der Waals surface area (Å²) in [5, 5.41) is 3.24. The van der Waals surface area contributed by atoms with Gasteiger partial charge < -0.3 is 5.32 Å². The van der Waals surface area contributed by atoms with E-state index in [0.717, 1.165) is 45.3 Å². The highest BCUT2D eigenvalue weighted by molar-refractivity contribution is 7.86. The van der Waals surface area contributed by atoms with Crippen molar-refractivity contribution in [3.8, 4) is 0 Å². The zero-order valence-electron chi connectivity index (χ0n) is 9.43. The fourth-order valence-corrected chi connectivity index (χ4v) is 4.87. The van der Waals surface area contributed by atoms with E-state index >= 15 is 0 Å². The predicted molar refractivity (Wildman–Crippen MR) is 61.2 cm³/mol. The van der Waals surface area contributed by atoms with Crippen LogP contribution in [0.1, 0.15) is 25.7 Å². The van der Waals surface area contributed by atoms with E-state index in [1.54, 1.807) is 8.61 Å². The van der Waals surface area contributed by atoms with Gasteiger partial charge in [0.1, 0.15) is 0 Å². The summed E-state index contributed by atoms with van der Waals surface area (Å²) in [4.78, 5) is 0. The summed E-state index contributed by atoms with van der Waals surface area (Å²) >= 11 is 0. The van der Waals surface area contributed by atoms with Gasteiger partial charge in [0.25, 0.3) is 10.2 Å². The molecule has 0 unspecified atom stereocenters. The van der Waals surface area contributed by atoms with Crippen molar-refractivity contribution < 1.29 is 8.42 Å². The molecular formula is C10H19N3O2S. The maximum absolute atomic E-state index is 12.4. The Morgan fingerprint density at radius 1 is 1.00 bits per heavy atom. The molecular weight excluding hydrogens is 226 g/mol. The van der Waals surface area contributed by atoms with Crippen molar-refractivity contribution in [3.63, 3.8) is 0 Å². The van der Waals surface area contributed by atoms with Gasteiger partial charge in [-0.05, 0) is 32.2 Å². The first-order valence-corrected chi connectivity index (χ1v) is 7.58. The van der Waals surface area contributed by atoms with Gasteiger partial charge >= 0.3 is 0 Å². The smallest absolute Gasteiger partial charge is 0.282 e. The Morgan fingerprint density at radius 2 is 1.69 bits per heavy atom. The fraction of sp³-hybridized carbons (Fsp3) is 1.00. The molecule has 2 heterocycles. The zero-order valence-corrected chi connectivity index (χ0v) is 10.2. The average Bonchev–Trinajstić information content (AvgIpc) is 2.92. The number of hydrogen-bond donors (Lipinski definition) is 1. The van der Waals surface area contributed by atoms with Gasteiger partial charge in [-0.3, -0.25) is 0 Å². The quantitative estimate of drug-likeness (QED) is 0.731. The van der Waals surface area contributed by atoms with Crippen LogP contribution < -0.4 is 5.32 Å². The van der Waals surface area contributed by atoms with Crippen molar-refractivity contribution in [3.05, 3.63) is 0 Å². The van der Waals surface area contributed by atoms with Crippen LogP contribution in [0.25, 0.3) is 0 Å². The second kappa shape index (κ2) is 3.94. The Balaban J connectivity index is 1.81. The van der Waals surface area contributed by atoms with Gasteiger partial charge in [-0.15, -0.1) is 0 Å². The molecule has 6 heteroatoms. The first-order chi connectivity index (χ1) is 7.69. The summed E-state index contributed by atoms with van der Waals surface area (Å²) in [6.45, 7) is 3.19. The maximum Gasteiger partial charge on any atom is 0.282 e. The molecule has 92 valence electrons. The Kier molecular flexibility index (Phi) is 2.70. The molecule has 1 aliphatic carbocycles. The molecule has 2 saturated heterocycles. The number of rotatable bonds is 2. The van der Waals surface area contributed by atoms with Crippen LogP contribution in [0.15, 0.2) is 0 Å². The highest BCUT2D eigenvalue weighted by Gasteiger charge is 2.45. The van der Waals surface area contributed by atoms with E-state index in [0.29, 0.717) is 12.6 Å². The van der Waals surface area contributed by atoms with E-state index in [9.17, 15) is 8.42 Å². The molecule has 0 spiro atoms. The van der Waals surface area contributed by atoms with E-state index in [-0.39, 0.29) is 6.04 Å². The van der Waals surface area contributed by atoms with Crippen molar-refractivity contribution in [2.24, 2.45) is 0 Å². The molecule has 0 radical (unpaired) electrons. The SMILES string of the molecule is O=S1(=O)N(C2CC2)CCCN1[C@H]1CCNC1. The van der Waals surface area contributed by atoms with Crippen LogP contribution >= 0.6 is 0 Å². The summed E-state index contributed by atoms with van der Waals surface area (Å²) in [5.74, 6) is 0. The lowest BCUT2D eigenvalue weighted by Gasteiger charge is -2.37. The van der Waals surface area contributed by atoms with Gasteiger partial charge in [-0.2, -0.15) is 17.0 Å². The molecule has 0 aromatic rings. The van der Waals surface area contributed by atoms with Gasteiger partial charge in [-0.25, -0.2) is 0 Å². The molecule has 16 heavy (non-hydrogen) atoms. The van der Waals surface area contributed by atoms with E-state index in [4.69, 9.17) is 0 Å². The Bertz CT molecular complexity index is 360. The Hall–Kier alpha value is -0.170. The van der Waals surface area contributed by atoms with E-state index in [1.165, 1.54) is 0 Å². The van der Waals surface area contributed by atoms with Crippen molar-refractivity contribution in [1.82, 2.24) is 13.9 Å². The van der Waals surface area contributed by atoms with Crippen molar-refractivity contribution >= 4 is 10.2 Å². The summed E-state index contributed by atoms with van der Waals surface area (Å²) in [7, 11) is -3.16. The third kappa shape index (κ3) is 1.77. The van der Waals surface area contributed by atoms with Gasteiger partial charge in [0, 0.05) is 31.7 Å². The van der Waals surface area contributed by atoms with Crippen LogP contribution in [0.3, 0.4) is 0 Å². The van der Waals surface area contributed by atoms with Crippen molar-refractivity contribution in [2.45, 2.75) is 37.8 Å². The fourth-order valence-electron chi connectivity index (χ4n) is 2.74. The first kappa shape index (κ1) is 11.0. The zero-order chi connectivity index (χ0) is 11.2. The molecule has 3 fully saturated rings. The number of nitrogens with zero attached hydrogens (tertiary/aromatic N) is 2. The Labute approximate surface area is 97.0 Å². The van der Waals surface area contributed by atoms with E-state index < -0.39 is 10.2 Å². The minimum absolute atomic E-state index is 0.187. The second-order valence-corrected chi connectivity index (χ2v) is 6.79. The topological polar surface area (TPSA) is 52.7 Å². The summed E-state index contributed by atoms with van der Waals surface area (Å²) in [6.07, 6.45) is 4.04. The molecule has 3 rings (SSSR count). The highest BCUT2D eigenvalue weighted by Crippen LogP contribution is 2.33. The molecule has 0 aromatic heterocycles. The molecule has 1 atom stereocenters. The van der Waals surface area contributed by atoms with Crippen molar-refractivity contribution in [1.29, 1.82) is 0 Å². The van der Waals surface area contributed by atoms with E-state index in [2.05, 4.69) is 5.32 Å². The van der Waals surface area contributed by atoms with Gasteiger partial charge in [0.2, 0.25) is 0 Å². The molecule has 0 amide bonds. The maximum atomic E-state index is 12.4. The second-order valence-electron chi connectivity index (χ2n) is 4.96. The van der Waals surface area contributed by atoms with Crippen LogP contribution in [0.4, 0.5) is 0 Å². The molecule has 2 aliphatic heterocycles. The highest BCUT2D eigenvalue weighted by atomic mass is 32.2. The minimum Gasteiger partial charge on any atom is -0.315 e. The monoisotopic (exact) mass is 245 g/mol. The molecule has 5 nitrogen and oxygen atoms in total. The summed E-state index contributed by atoms with van der Waals surface area (Å²) in [5.41, 5.74) is 0. The standard InChI is InChI=1S/C10H19N3O2S/c14-16(15)12(9-2-3-9)6-1-7-13(16)10-4-5-11-8-10/h9-11H,1-8H2/t10-/m0/s1. The molecule has 1 saturated carbocycles. The molecule has 0 bridgehead atoms. The molecule has 0 aromatic carbocycles. The lowest BCUT2D eigenvalue weighted by molar-refractivity contribution is 0.244. The van der Waals surface area contributed by atoms with Gasteiger partial charge in [0.05, 0.1) is 0 Å². The predicted octanol–water partition coefficient (Wildman–Crippen LogP) is -0.237. The van der Waals surface area contributed by atoms with E-state index in [1.807, 2.05) is 0 Å². The van der Waals surface area contributed by atoms with Crippen LogP contribution in [-0.4, -0.2) is 55.3 Å². The minimum atomic E-state index is -3.16. The van der Waals surface area contributed by atoms with Crippen LogP contribution in [0.2, 0.25) is 0 Å². The number of hydrogen-bond acceptors (Lipinski definition) is 3. The summed E-state index contributed by atoms with van der Waals surface area (Å²) < 4.78 is 28.3. The average molecular weight is 245 g/mol. The third-order valence-corrected chi connectivity index (χ3v) is 5.89. The van der Waals surface area contributed by atoms with Crippen LogP contribution in [0.5, 0.6) is 0 Å². The number of nitrogens with one attached hydrogen (secondary N) is 1. The molecule has 1 N–H and O–H groups in total. The van der Waals surface area contributed by atoms with Crippen LogP contribution in [0, 0.1) is 0 Å². The van der Waals surface area contributed by atoms with Crippen LogP contribution in [-0.2, 0) is 10.2 Å². The lowest BCUT2D eigenvalue weighted by atomic mass is 10.2. The third-order valence-electron chi connectivity index (χ3n) is 3.75.